The molecule has 7 nitrogen and oxygen atoms in total. The monoisotopic (exact) mass is 590 g/mol. The Morgan fingerprint density at radius 1 is 1.12 bits per heavy atom. The maximum Gasteiger partial charge on any atom is 0.416 e. The van der Waals surface area contributed by atoms with Gasteiger partial charge in [-0.3, -0.25) is 4.79 Å². The van der Waals surface area contributed by atoms with Crippen LogP contribution in [0.25, 0.3) is 0 Å². The highest BCUT2D eigenvalue weighted by Crippen LogP contribution is 2.35. The lowest BCUT2D eigenvalue weighted by Crippen LogP contribution is -2.46. The predicted molar refractivity (Wildman–Crippen MR) is 144 cm³/mol. The first kappa shape index (κ1) is 33.7. The van der Waals surface area contributed by atoms with Crippen LogP contribution < -0.4 is 5.32 Å². The Bertz CT molecular complexity index is 1250. The molecule has 12 heteroatoms. The number of carboxylic acid groups (broad SMARTS) is 1. The lowest BCUT2D eigenvalue weighted by Gasteiger charge is -2.29. The van der Waals surface area contributed by atoms with E-state index in [1.165, 1.54) is 20.0 Å². The highest BCUT2D eigenvalue weighted by Gasteiger charge is 2.34. The van der Waals surface area contributed by atoms with Crippen LogP contribution in [0.5, 0.6) is 0 Å². The van der Waals surface area contributed by atoms with E-state index in [9.17, 15) is 35.9 Å². The lowest BCUT2D eigenvalue weighted by atomic mass is 9.94. The van der Waals surface area contributed by atoms with Gasteiger partial charge in [0.05, 0.1) is 16.6 Å². The van der Waals surface area contributed by atoms with Crippen LogP contribution in [-0.4, -0.2) is 60.7 Å². The standard InChI is InChI=1S/C28H38F4N2O5S/c1-19(11-12-26(36)37)21-14-22(28(30,31)32)16-24(15-21)40(38,39)34(4)18-23(35)17-33-27(2,3)13-7-9-20-8-5-6-10-25(20)29/h5-6,8,10,14-16,19,23,33,35H,7,9,11-13,17-18H2,1-4H3,(H,36,37)/t19?,23-/m0/s1. The molecule has 2 aromatic carbocycles. The van der Waals surface area contributed by atoms with Crippen LogP contribution in [0.15, 0.2) is 47.4 Å². The summed E-state index contributed by atoms with van der Waals surface area (Å²) in [5.74, 6) is -2.01. The number of carboxylic acids is 1. The number of sulfonamides is 1. The molecule has 0 amide bonds. The van der Waals surface area contributed by atoms with Crippen molar-refractivity contribution in [3.05, 3.63) is 65.0 Å². The van der Waals surface area contributed by atoms with E-state index in [0.29, 0.717) is 30.9 Å². The number of rotatable bonds is 15. The number of β-amino-alcohol motifs (C(OH)–C–C–N with tert-alkyl or cyclic N) is 1. The van der Waals surface area contributed by atoms with Crippen LogP contribution in [0, 0.1) is 5.82 Å². The van der Waals surface area contributed by atoms with E-state index in [1.54, 1.807) is 18.2 Å². The van der Waals surface area contributed by atoms with E-state index in [1.807, 2.05) is 13.8 Å². The number of aliphatic hydroxyl groups excluding tert-OH is 1. The van der Waals surface area contributed by atoms with Crippen LogP contribution in [0.4, 0.5) is 17.6 Å². The molecule has 0 bridgehead atoms. The number of hydrogen-bond donors (Lipinski definition) is 3. The molecule has 0 spiro atoms. The molecule has 0 saturated heterocycles. The van der Waals surface area contributed by atoms with Gasteiger partial charge in [-0.1, -0.05) is 25.1 Å². The number of benzene rings is 2. The number of nitrogens with zero attached hydrogens (tertiary/aromatic N) is 1. The second-order valence-corrected chi connectivity index (χ2v) is 12.8. The van der Waals surface area contributed by atoms with Crippen LogP contribution in [0.2, 0.25) is 0 Å². The Balaban J connectivity index is 2.06. The second-order valence-electron chi connectivity index (χ2n) is 10.8. The number of likely N-dealkylation sites (N-methyl/N-ethyl adjacent to an activating group) is 1. The fourth-order valence-corrected chi connectivity index (χ4v) is 5.56. The van der Waals surface area contributed by atoms with Crippen LogP contribution in [0.1, 0.15) is 69.1 Å². The van der Waals surface area contributed by atoms with E-state index in [-0.39, 0.29) is 37.3 Å². The first-order valence-electron chi connectivity index (χ1n) is 13.0. The minimum atomic E-state index is -4.81. The van der Waals surface area contributed by atoms with Gasteiger partial charge < -0.3 is 15.5 Å². The summed E-state index contributed by atoms with van der Waals surface area (Å²) in [6.45, 7) is 4.98. The highest BCUT2D eigenvalue weighted by molar-refractivity contribution is 7.89. The van der Waals surface area contributed by atoms with Gasteiger partial charge in [0.25, 0.3) is 0 Å². The second kappa shape index (κ2) is 13.9. The van der Waals surface area contributed by atoms with Gasteiger partial charge in [-0.15, -0.1) is 0 Å². The molecule has 0 aliphatic rings. The average Bonchev–Trinajstić information content (AvgIpc) is 2.86. The summed E-state index contributed by atoms with van der Waals surface area (Å²) in [7, 11) is -3.24. The molecule has 2 aromatic rings. The molecule has 40 heavy (non-hydrogen) atoms. The molecule has 0 saturated carbocycles. The van der Waals surface area contributed by atoms with Crippen molar-refractivity contribution in [1.29, 1.82) is 0 Å². The van der Waals surface area contributed by atoms with Crippen molar-refractivity contribution < 1.29 is 41.0 Å². The fourth-order valence-electron chi connectivity index (χ4n) is 4.27. The van der Waals surface area contributed by atoms with Gasteiger partial charge in [0.1, 0.15) is 5.82 Å². The van der Waals surface area contributed by atoms with Gasteiger partial charge in [-0.2, -0.15) is 17.5 Å². The number of hydrogen-bond acceptors (Lipinski definition) is 5. The SMILES string of the molecule is CC(CCC(=O)O)c1cc(C(F)(F)F)cc(S(=O)(=O)N(C)C[C@@H](O)CNC(C)(C)CCCc2ccccc2F)c1. The topological polar surface area (TPSA) is 107 Å². The zero-order valence-corrected chi connectivity index (χ0v) is 23.9. The number of nitrogens with one attached hydrogen (secondary N) is 1. The van der Waals surface area contributed by atoms with E-state index in [0.717, 1.165) is 16.4 Å². The zero-order chi connectivity index (χ0) is 30.3. The summed E-state index contributed by atoms with van der Waals surface area (Å²) in [4.78, 5) is 10.3. The van der Waals surface area contributed by atoms with Crippen molar-refractivity contribution >= 4 is 16.0 Å². The van der Waals surface area contributed by atoms with Crippen molar-refractivity contribution in [2.45, 2.75) is 81.5 Å². The summed E-state index contributed by atoms with van der Waals surface area (Å²) in [5.41, 5.74) is -0.939. The normalized spacial score (nSPS) is 14.3. The Kier molecular flexibility index (Phi) is 11.7. The van der Waals surface area contributed by atoms with Gasteiger partial charge in [0, 0.05) is 32.1 Å². The molecule has 224 valence electrons. The van der Waals surface area contributed by atoms with Crippen molar-refractivity contribution in [2.24, 2.45) is 0 Å². The zero-order valence-electron chi connectivity index (χ0n) is 23.1. The van der Waals surface area contributed by atoms with Crippen molar-refractivity contribution in [1.82, 2.24) is 9.62 Å². The van der Waals surface area contributed by atoms with Crippen LogP contribution in [-0.2, 0) is 27.4 Å². The number of aliphatic hydroxyl groups is 1. The summed E-state index contributed by atoms with van der Waals surface area (Å²) < 4.78 is 81.7. The highest BCUT2D eigenvalue weighted by atomic mass is 32.2. The van der Waals surface area contributed by atoms with E-state index in [4.69, 9.17) is 5.11 Å². The van der Waals surface area contributed by atoms with E-state index in [2.05, 4.69) is 5.32 Å². The molecule has 0 heterocycles. The Morgan fingerprint density at radius 2 is 1.77 bits per heavy atom. The molecule has 2 atom stereocenters. The van der Waals surface area contributed by atoms with Crippen molar-refractivity contribution in [3.8, 4) is 0 Å². The first-order valence-corrected chi connectivity index (χ1v) is 14.4. The summed E-state index contributed by atoms with van der Waals surface area (Å²) in [6, 6.07) is 9.01. The molecule has 0 fully saturated rings. The molecule has 0 radical (unpaired) electrons. The third kappa shape index (κ3) is 10.1. The van der Waals surface area contributed by atoms with Gasteiger partial charge in [0.2, 0.25) is 10.0 Å². The minimum absolute atomic E-state index is 0.0205. The fraction of sp³-hybridized carbons (Fsp3) is 0.536. The largest absolute Gasteiger partial charge is 0.481 e. The van der Waals surface area contributed by atoms with E-state index < -0.39 is 50.2 Å². The maximum atomic E-state index is 13.8. The lowest BCUT2D eigenvalue weighted by molar-refractivity contribution is -0.138. The van der Waals surface area contributed by atoms with Crippen molar-refractivity contribution in [2.75, 3.05) is 20.1 Å². The molecular weight excluding hydrogens is 552 g/mol. The quantitative estimate of drug-likeness (QED) is 0.247. The van der Waals surface area contributed by atoms with Gasteiger partial charge in [-0.25, -0.2) is 12.8 Å². The third-order valence-corrected chi connectivity index (χ3v) is 8.62. The molecule has 0 aliphatic carbocycles. The summed E-state index contributed by atoms with van der Waals surface area (Å²) in [6.07, 6.45) is -4.36. The number of halogens is 4. The average molecular weight is 591 g/mol. The number of aryl methyl sites for hydroxylation is 1. The molecule has 1 unspecified atom stereocenters. The molecule has 0 aromatic heterocycles. The summed E-state index contributed by atoms with van der Waals surface area (Å²) in [5, 5.41) is 22.6. The Labute approximate surface area is 233 Å². The number of aliphatic carboxylic acids is 1. The maximum absolute atomic E-state index is 13.8. The van der Waals surface area contributed by atoms with Gasteiger partial charge in [0.15, 0.2) is 0 Å². The molecule has 3 N–H and O–H groups in total. The van der Waals surface area contributed by atoms with Gasteiger partial charge in [-0.05, 0) is 80.8 Å². The predicted octanol–water partition coefficient (Wildman–Crippen LogP) is 5.19. The number of carbonyl (C=O) groups is 1. The number of alkyl halides is 3. The molecule has 2 rings (SSSR count). The van der Waals surface area contributed by atoms with Gasteiger partial charge >= 0.3 is 12.1 Å². The van der Waals surface area contributed by atoms with E-state index >= 15 is 0 Å². The smallest absolute Gasteiger partial charge is 0.416 e. The summed E-state index contributed by atoms with van der Waals surface area (Å²) >= 11 is 0. The molecular formula is C28H38F4N2O5S. The Morgan fingerprint density at radius 3 is 2.38 bits per heavy atom. The molecule has 0 aliphatic heterocycles. The van der Waals surface area contributed by atoms with Crippen LogP contribution in [0.3, 0.4) is 0 Å². The minimum Gasteiger partial charge on any atom is -0.481 e. The first-order chi connectivity index (χ1) is 18.4. The van der Waals surface area contributed by atoms with Crippen molar-refractivity contribution in [3.63, 3.8) is 0 Å². The third-order valence-electron chi connectivity index (χ3n) is 6.81. The Hall–Kier alpha value is -2.54. The van der Waals surface area contributed by atoms with Crippen LogP contribution >= 0.6 is 0 Å².